The van der Waals surface area contributed by atoms with E-state index in [1.165, 1.54) is 12.1 Å². The van der Waals surface area contributed by atoms with Gasteiger partial charge in [0, 0.05) is 12.3 Å². The number of urea groups is 1. The fraction of sp³-hybridized carbons (Fsp3) is 0.286. The summed E-state index contributed by atoms with van der Waals surface area (Å²) in [7, 11) is 0. The van der Waals surface area contributed by atoms with Crippen LogP contribution < -0.4 is 10.6 Å². The Hall–Kier alpha value is -2.41. The summed E-state index contributed by atoms with van der Waals surface area (Å²) < 4.78 is 14.6. The molecule has 2 aromatic rings. The molecule has 0 radical (unpaired) electrons. The van der Waals surface area contributed by atoms with E-state index in [9.17, 15) is 9.18 Å². The maximum absolute atomic E-state index is 13.1. The van der Waals surface area contributed by atoms with Crippen molar-refractivity contribution in [3.05, 3.63) is 41.8 Å². The first-order valence-electron chi connectivity index (χ1n) is 6.50. The third-order valence-corrected chi connectivity index (χ3v) is 2.89. The van der Waals surface area contributed by atoms with Crippen molar-refractivity contribution in [2.75, 3.05) is 11.9 Å². The van der Waals surface area contributed by atoms with Crippen molar-refractivity contribution in [2.45, 2.75) is 19.9 Å². The summed E-state index contributed by atoms with van der Waals surface area (Å²) in [5.74, 6) is 0.0560. The molecule has 7 heteroatoms. The molecule has 0 fully saturated rings. The van der Waals surface area contributed by atoms with Crippen LogP contribution in [0.4, 0.5) is 15.0 Å². The smallest absolute Gasteiger partial charge is 0.320 e. The Balaban J connectivity index is 2.09. The molecule has 21 heavy (non-hydrogen) atoms. The molecule has 1 aromatic carbocycles. The van der Waals surface area contributed by atoms with Crippen LogP contribution in [-0.4, -0.2) is 33.6 Å². The summed E-state index contributed by atoms with van der Waals surface area (Å²) in [5, 5.41) is 18.2. The lowest BCUT2D eigenvalue weighted by Gasteiger charge is -2.10. The molecule has 0 spiro atoms. The molecule has 112 valence electrons. The van der Waals surface area contributed by atoms with Gasteiger partial charge in [-0.25, -0.2) is 13.9 Å². The monoisotopic (exact) mass is 292 g/mol. The number of aliphatic hydroxyl groups is 1. The molecule has 0 saturated heterocycles. The first-order valence-corrected chi connectivity index (χ1v) is 6.50. The first kappa shape index (κ1) is 15.0. The van der Waals surface area contributed by atoms with E-state index in [1.807, 2.05) is 0 Å². The van der Waals surface area contributed by atoms with Crippen LogP contribution >= 0.6 is 0 Å². The van der Waals surface area contributed by atoms with Crippen LogP contribution in [0.25, 0.3) is 5.69 Å². The second kappa shape index (κ2) is 6.36. The van der Waals surface area contributed by atoms with Crippen molar-refractivity contribution >= 4 is 11.8 Å². The summed E-state index contributed by atoms with van der Waals surface area (Å²) in [5.41, 5.74) is 1.47. The third kappa shape index (κ3) is 3.79. The number of nitrogens with one attached hydrogen (secondary N) is 2. The van der Waals surface area contributed by atoms with Crippen LogP contribution in [0.3, 0.4) is 0 Å². The predicted molar refractivity (Wildman–Crippen MR) is 77.0 cm³/mol. The minimum atomic E-state index is -0.447. The Labute approximate surface area is 121 Å². The quantitative estimate of drug-likeness (QED) is 0.804. The Morgan fingerprint density at radius 3 is 2.90 bits per heavy atom. The van der Waals surface area contributed by atoms with Crippen molar-refractivity contribution < 1.29 is 14.3 Å². The highest BCUT2D eigenvalue weighted by atomic mass is 19.1. The van der Waals surface area contributed by atoms with Crippen molar-refractivity contribution in [2.24, 2.45) is 0 Å². The minimum Gasteiger partial charge on any atom is -0.394 e. The molecule has 3 N–H and O–H groups in total. The molecule has 0 bridgehead atoms. The highest BCUT2D eigenvalue weighted by molar-refractivity contribution is 5.88. The molecular weight excluding hydrogens is 275 g/mol. The van der Waals surface area contributed by atoms with E-state index >= 15 is 0 Å². The van der Waals surface area contributed by atoms with Crippen molar-refractivity contribution in [3.63, 3.8) is 0 Å². The molecule has 1 atom stereocenters. The van der Waals surface area contributed by atoms with Crippen LogP contribution in [0.1, 0.15) is 12.5 Å². The average molecular weight is 292 g/mol. The molecule has 1 heterocycles. The van der Waals surface area contributed by atoms with Gasteiger partial charge in [-0.3, -0.25) is 5.32 Å². The minimum absolute atomic E-state index is 0.142. The number of rotatable bonds is 4. The number of carbonyl (C=O) groups is 1. The normalized spacial score (nSPS) is 12.0. The van der Waals surface area contributed by atoms with Crippen LogP contribution in [0, 0.1) is 12.7 Å². The van der Waals surface area contributed by atoms with E-state index in [1.54, 1.807) is 36.9 Å². The second-order valence-electron chi connectivity index (χ2n) is 4.76. The number of amides is 2. The van der Waals surface area contributed by atoms with E-state index in [4.69, 9.17) is 5.11 Å². The van der Waals surface area contributed by atoms with Crippen molar-refractivity contribution in [3.8, 4) is 5.69 Å². The SMILES string of the molecule is Cc1cc(F)ccc1-n1ccc(NC(=O)N[C@@H](C)CO)n1. The van der Waals surface area contributed by atoms with E-state index in [0.717, 1.165) is 11.3 Å². The lowest BCUT2D eigenvalue weighted by Crippen LogP contribution is -2.38. The fourth-order valence-electron chi connectivity index (χ4n) is 1.82. The number of halogens is 1. The predicted octanol–water partition coefficient (Wildman–Crippen LogP) is 1.82. The number of hydrogen-bond acceptors (Lipinski definition) is 3. The Morgan fingerprint density at radius 2 is 2.24 bits per heavy atom. The molecule has 2 amide bonds. The van der Waals surface area contributed by atoms with Gasteiger partial charge >= 0.3 is 6.03 Å². The van der Waals surface area contributed by atoms with Gasteiger partial charge in [0.05, 0.1) is 18.3 Å². The van der Waals surface area contributed by atoms with E-state index in [-0.39, 0.29) is 18.5 Å². The molecule has 1 aromatic heterocycles. The number of hydrogen-bond donors (Lipinski definition) is 3. The van der Waals surface area contributed by atoms with Gasteiger partial charge < -0.3 is 10.4 Å². The van der Waals surface area contributed by atoms with Gasteiger partial charge in [-0.15, -0.1) is 5.10 Å². The van der Waals surface area contributed by atoms with Crippen LogP contribution in [-0.2, 0) is 0 Å². The highest BCUT2D eigenvalue weighted by Gasteiger charge is 2.09. The van der Waals surface area contributed by atoms with Crippen LogP contribution in [0.2, 0.25) is 0 Å². The zero-order chi connectivity index (χ0) is 15.4. The molecular formula is C14H17FN4O2. The van der Waals surface area contributed by atoms with Gasteiger partial charge in [0.1, 0.15) is 5.82 Å². The largest absolute Gasteiger partial charge is 0.394 e. The summed E-state index contributed by atoms with van der Waals surface area (Å²) in [6.45, 7) is 3.32. The van der Waals surface area contributed by atoms with Crippen molar-refractivity contribution in [1.82, 2.24) is 15.1 Å². The number of aliphatic hydroxyl groups excluding tert-OH is 1. The van der Waals surface area contributed by atoms with Gasteiger partial charge in [0.25, 0.3) is 0 Å². The summed E-state index contributed by atoms with van der Waals surface area (Å²) in [6.07, 6.45) is 1.67. The van der Waals surface area contributed by atoms with E-state index in [0.29, 0.717) is 5.82 Å². The number of benzene rings is 1. The Kier molecular flexibility index (Phi) is 4.54. The lowest BCUT2D eigenvalue weighted by atomic mass is 10.2. The molecule has 0 aliphatic rings. The number of carbonyl (C=O) groups excluding carboxylic acids is 1. The number of anilines is 1. The summed E-state index contributed by atoms with van der Waals surface area (Å²) in [4.78, 5) is 11.6. The molecule has 0 aliphatic heterocycles. The Bertz CT molecular complexity index is 642. The van der Waals surface area contributed by atoms with E-state index < -0.39 is 6.03 Å². The molecule has 0 unspecified atom stereocenters. The first-order chi connectivity index (χ1) is 9.99. The summed E-state index contributed by atoms with van der Waals surface area (Å²) in [6, 6.07) is 5.23. The third-order valence-electron chi connectivity index (χ3n) is 2.89. The van der Waals surface area contributed by atoms with Gasteiger partial charge in [0.2, 0.25) is 0 Å². The average Bonchev–Trinajstić information content (AvgIpc) is 2.86. The molecule has 6 nitrogen and oxygen atoms in total. The zero-order valence-corrected chi connectivity index (χ0v) is 11.8. The van der Waals surface area contributed by atoms with Gasteiger partial charge in [-0.1, -0.05) is 0 Å². The second-order valence-corrected chi connectivity index (χ2v) is 4.76. The molecule has 2 rings (SSSR count). The van der Waals surface area contributed by atoms with Gasteiger partial charge in [-0.2, -0.15) is 0 Å². The molecule has 0 saturated carbocycles. The highest BCUT2D eigenvalue weighted by Crippen LogP contribution is 2.16. The van der Waals surface area contributed by atoms with Crippen molar-refractivity contribution in [1.29, 1.82) is 0 Å². The van der Waals surface area contributed by atoms with Gasteiger partial charge in [0.15, 0.2) is 5.82 Å². The number of nitrogens with zero attached hydrogens (tertiary/aromatic N) is 2. The fourth-order valence-corrected chi connectivity index (χ4v) is 1.82. The maximum atomic E-state index is 13.1. The number of aryl methyl sites for hydroxylation is 1. The molecule has 0 aliphatic carbocycles. The zero-order valence-electron chi connectivity index (χ0n) is 11.8. The van der Waals surface area contributed by atoms with E-state index in [2.05, 4.69) is 15.7 Å². The summed E-state index contributed by atoms with van der Waals surface area (Å²) >= 11 is 0. The van der Waals surface area contributed by atoms with Gasteiger partial charge in [-0.05, 0) is 37.6 Å². The Morgan fingerprint density at radius 1 is 1.48 bits per heavy atom. The lowest BCUT2D eigenvalue weighted by molar-refractivity contribution is 0.229. The topological polar surface area (TPSA) is 79.2 Å². The van der Waals surface area contributed by atoms with Crippen LogP contribution in [0.15, 0.2) is 30.5 Å². The van der Waals surface area contributed by atoms with Crippen LogP contribution in [0.5, 0.6) is 0 Å². The maximum Gasteiger partial charge on any atom is 0.320 e. The standard InChI is InChI=1S/C14H17FN4O2/c1-9-7-11(15)3-4-12(9)19-6-5-13(18-19)17-14(21)16-10(2)8-20/h3-7,10,20H,8H2,1-2H3,(H2,16,17,18,21)/t10-/m0/s1. The number of aromatic nitrogens is 2.